The third kappa shape index (κ3) is 1.04. The normalized spacial score (nSPS) is 17.9. The van der Waals surface area contributed by atoms with Crippen LogP contribution in [0.25, 0.3) is 10.9 Å². The van der Waals surface area contributed by atoms with E-state index in [1.807, 2.05) is 12.1 Å². The SMILES string of the molecule is O=C(O)C1Cn2c(=O)ccc3cccc1c32. The summed E-state index contributed by atoms with van der Waals surface area (Å²) in [6, 6.07) is 8.72. The van der Waals surface area contributed by atoms with Gasteiger partial charge in [-0.3, -0.25) is 9.59 Å². The molecule has 0 amide bonds. The number of benzene rings is 1. The number of para-hydroxylation sites is 1. The Morgan fingerprint density at radius 3 is 2.88 bits per heavy atom. The Morgan fingerprint density at radius 1 is 1.31 bits per heavy atom. The largest absolute Gasteiger partial charge is 0.481 e. The van der Waals surface area contributed by atoms with Crippen molar-refractivity contribution in [2.75, 3.05) is 0 Å². The van der Waals surface area contributed by atoms with Crippen LogP contribution in [0.3, 0.4) is 0 Å². The van der Waals surface area contributed by atoms with E-state index in [1.54, 1.807) is 16.7 Å². The predicted octanol–water partition coefficient (Wildman–Crippen LogP) is 1.18. The lowest BCUT2D eigenvalue weighted by atomic mass is 10.0. The number of carbonyl (C=O) groups is 1. The van der Waals surface area contributed by atoms with E-state index in [4.69, 9.17) is 5.11 Å². The molecule has 1 unspecified atom stereocenters. The van der Waals surface area contributed by atoms with Gasteiger partial charge in [0.1, 0.15) is 5.92 Å². The van der Waals surface area contributed by atoms with Gasteiger partial charge in [0.2, 0.25) is 0 Å². The average molecular weight is 215 g/mol. The van der Waals surface area contributed by atoms with Gasteiger partial charge in [0.25, 0.3) is 5.56 Å². The number of pyridine rings is 1. The molecular weight excluding hydrogens is 206 g/mol. The van der Waals surface area contributed by atoms with Crippen LogP contribution in [-0.4, -0.2) is 15.6 Å². The summed E-state index contributed by atoms with van der Waals surface area (Å²) in [5.41, 5.74) is 1.37. The molecule has 4 heteroatoms. The Bertz CT molecular complexity index is 657. The van der Waals surface area contributed by atoms with Gasteiger partial charge in [0.05, 0.1) is 5.52 Å². The van der Waals surface area contributed by atoms with E-state index in [0.717, 1.165) is 16.5 Å². The Balaban J connectivity index is 2.43. The molecule has 1 aliphatic rings. The summed E-state index contributed by atoms with van der Waals surface area (Å²) < 4.78 is 1.55. The van der Waals surface area contributed by atoms with Crippen LogP contribution in [0.4, 0.5) is 0 Å². The molecule has 1 N–H and O–H groups in total. The molecule has 0 saturated heterocycles. The molecular formula is C12H9NO3. The number of carboxylic acids is 1. The lowest BCUT2D eigenvalue weighted by Gasteiger charge is -2.02. The topological polar surface area (TPSA) is 59.3 Å². The van der Waals surface area contributed by atoms with Crippen molar-refractivity contribution in [1.29, 1.82) is 0 Å². The minimum atomic E-state index is -0.879. The van der Waals surface area contributed by atoms with Crippen LogP contribution in [0.2, 0.25) is 0 Å². The van der Waals surface area contributed by atoms with Crippen LogP contribution in [-0.2, 0) is 11.3 Å². The third-order valence-corrected chi connectivity index (χ3v) is 3.08. The van der Waals surface area contributed by atoms with Crippen molar-refractivity contribution in [2.24, 2.45) is 0 Å². The number of aromatic nitrogens is 1. The number of rotatable bonds is 1. The van der Waals surface area contributed by atoms with E-state index in [-0.39, 0.29) is 12.1 Å². The molecule has 3 rings (SSSR count). The number of hydrogen-bond donors (Lipinski definition) is 1. The Hall–Kier alpha value is -2.10. The van der Waals surface area contributed by atoms with Gasteiger partial charge in [-0.1, -0.05) is 18.2 Å². The molecule has 0 fully saturated rings. The molecule has 2 heterocycles. The zero-order chi connectivity index (χ0) is 11.3. The van der Waals surface area contributed by atoms with Gasteiger partial charge >= 0.3 is 5.97 Å². The second kappa shape index (κ2) is 2.95. The highest BCUT2D eigenvalue weighted by Gasteiger charge is 2.30. The van der Waals surface area contributed by atoms with Gasteiger partial charge in [0, 0.05) is 12.6 Å². The molecule has 1 atom stereocenters. The molecule has 1 aromatic carbocycles. The molecule has 80 valence electrons. The lowest BCUT2D eigenvalue weighted by Crippen LogP contribution is -2.19. The highest BCUT2D eigenvalue weighted by atomic mass is 16.4. The summed E-state index contributed by atoms with van der Waals surface area (Å²) in [7, 11) is 0. The molecule has 0 spiro atoms. The summed E-state index contributed by atoms with van der Waals surface area (Å²) in [4.78, 5) is 22.7. The molecule has 16 heavy (non-hydrogen) atoms. The average Bonchev–Trinajstić information content (AvgIpc) is 2.65. The van der Waals surface area contributed by atoms with Crippen molar-refractivity contribution < 1.29 is 9.90 Å². The first-order valence-electron chi connectivity index (χ1n) is 5.04. The first kappa shape index (κ1) is 9.15. The van der Waals surface area contributed by atoms with E-state index in [9.17, 15) is 9.59 Å². The molecule has 0 saturated carbocycles. The van der Waals surface area contributed by atoms with Crippen LogP contribution >= 0.6 is 0 Å². The van der Waals surface area contributed by atoms with Gasteiger partial charge in [0.15, 0.2) is 0 Å². The Labute approximate surface area is 90.7 Å². The van der Waals surface area contributed by atoms with Gasteiger partial charge in [-0.05, 0) is 17.0 Å². The van der Waals surface area contributed by atoms with Crippen molar-refractivity contribution in [1.82, 2.24) is 4.57 Å². The zero-order valence-electron chi connectivity index (χ0n) is 8.38. The lowest BCUT2D eigenvalue weighted by molar-refractivity contribution is -0.138. The minimum Gasteiger partial charge on any atom is -0.481 e. The smallest absolute Gasteiger partial charge is 0.312 e. The van der Waals surface area contributed by atoms with Crippen LogP contribution < -0.4 is 5.56 Å². The van der Waals surface area contributed by atoms with E-state index in [1.165, 1.54) is 6.07 Å². The fourth-order valence-electron chi connectivity index (χ4n) is 2.34. The number of hydrogen-bond acceptors (Lipinski definition) is 2. The molecule has 0 bridgehead atoms. The number of nitrogens with zero attached hydrogens (tertiary/aromatic N) is 1. The molecule has 1 aliphatic heterocycles. The summed E-state index contributed by atoms with van der Waals surface area (Å²) in [6.07, 6.45) is 0. The van der Waals surface area contributed by atoms with Gasteiger partial charge in [-0.15, -0.1) is 0 Å². The monoisotopic (exact) mass is 215 g/mol. The number of carboxylic acid groups (broad SMARTS) is 1. The first-order chi connectivity index (χ1) is 7.68. The maximum atomic E-state index is 11.6. The van der Waals surface area contributed by atoms with Crippen molar-refractivity contribution in [3.63, 3.8) is 0 Å². The van der Waals surface area contributed by atoms with E-state index in [2.05, 4.69) is 0 Å². The molecule has 0 aliphatic carbocycles. The summed E-state index contributed by atoms with van der Waals surface area (Å²) >= 11 is 0. The Morgan fingerprint density at radius 2 is 2.12 bits per heavy atom. The minimum absolute atomic E-state index is 0.135. The van der Waals surface area contributed by atoms with Crippen molar-refractivity contribution in [3.8, 4) is 0 Å². The van der Waals surface area contributed by atoms with Gasteiger partial charge < -0.3 is 9.67 Å². The summed E-state index contributed by atoms with van der Waals surface area (Å²) in [6.45, 7) is 0.241. The Kier molecular flexibility index (Phi) is 1.68. The number of aliphatic carboxylic acids is 1. The van der Waals surface area contributed by atoms with Crippen LogP contribution in [0.15, 0.2) is 35.1 Å². The maximum Gasteiger partial charge on any atom is 0.312 e. The molecule has 1 aromatic heterocycles. The standard InChI is InChI=1S/C12H9NO3/c14-10-5-4-7-2-1-3-8-9(12(15)16)6-13(10)11(7)8/h1-5,9H,6H2,(H,15,16). The summed E-state index contributed by atoms with van der Waals surface area (Å²) in [5, 5.41) is 10.0. The van der Waals surface area contributed by atoms with Crippen LogP contribution in [0.5, 0.6) is 0 Å². The van der Waals surface area contributed by atoms with E-state index >= 15 is 0 Å². The van der Waals surface area contributed by atoms with E-state index in [0.29, 0.717) is 0 Å². The van der Waals surface area contributed by atoms with E-state index < -0.39 is 11.9 Å². The van der Waals surface area contributed by atoms with Crippen molar-refractivity contribution in [2.45, 2.75) is 12.5 Å². The predicted molar refractivity (Wildman–Crippen MR) is 58.6 cm³/mol. The second-order valence-electron chi connectivity index (χ2n) is 3.96. The van der Waals surface area contributed by atoms with Gasteiger partial charge in [-0.2, -0.15) is 0 Å². The zero-order valence-corrected chi connectivity index (χ0v) is 8.38. The quantitative estimate of drug-likeness (QED) is 0.777. The molecule has 4 nitrogen and oxygen atoms in total. The second-order valence-corrected chi connectivity index (χ2v) is 3.96. The van der Waals surface area contributed by atoms with Gasteiger partial charge in [-0.25, -0.2) is 0 Å². The highest BCUT2D eigenvalue weighted by molar-refractivity contribution is 5.90. The first-order valence-corrected chi connectivity index (χ1v) is 5.04. The fraction of sp³-hybridized carbons (Fsp3) is 0.167. The van der Waals surface area contributed by atoms with Crippen molar-refractivity contribution in [3.05, 3.63) is 46.2 Å². The fourth-order valence-corrected chi connectivity index (χ4v) is 2.34. The summed E-state index contributed by atoms with van der Waals surface area (Å²) in [5.74, 6) is -1.48. The maximum absolute atomic E-state index is 11.6. The third-order valence-electron chi connectivity index (χ3n) is 3.08. The molecule has 2 aromatic rings. The van der Waals surface area contributed by atoms with Crippen LogP contribution in [0, 0.1) is 0 Å². The van der Waals surface area contributed by atoms with Crippen molar-refractivity contribution >= 4 is 16.9 Å². The highest BCUT2D eigenvalue weighted by Crippen LogP contribution is 2.32. The van der Waals surface area contributed by atoms with Crippen LogP contribution in [0.1, 0.15) is 11.5 Å². The molecule has 0 radical (unpaired) electrons.